The number of nitro benzene ring substituents is 2. The predicted octanol–water partition coefficient (Wildman–Crippen LogP) is 1.92. The molecule has 10 heteroatoms. The molecule has 0 amide bonds. The largest absolute Gasteiger partial charge is 0.392 e. The molecular formula is C14H17N5O5. The highest BCUT2D eigenvalue weighted by molar-refractivity contribution is 5.77. The van der Waals surface area contributed by atoms with Crippen LogP contribution in [0.25, 0.3) is 0 Å². The third kappa shape index (κ3) is 3.49. The maximum Gasteiger partial charge on any atom is 0.302 e. The Morgan fingerprint density at radius 3 is 2.50 bits per heavy atom. The van der Waals surface area contributed by atoms with Gasteiger partial charge in [0.1, 0.15) is 0 Å². The summed E-state index contributed by atoms with van der Waals surface area (Å²) in [6, 6.07) is 1.16. The third-order valence-corrected chi connectivity index (χ3v) is 3.60. The Kier molecular flexibility index (Phi) is 5.09. The van der Waals surface area contributed by atoms with E-state index in [9.17, 15) is 25.3 Å². The molecule has 0 fully saturated rings. The molecule has 0 saturated heterocycles. The zero-order chi connectivity index (χ0) is 17.9. The summed E-state index contributed by atoms with van der Waals surface area (Å²) in [5.74, 6) is 0. The van der Waals surface area contributed by atoms with Gasteiger partial charge < -0.3 is 10.4 Å². The summed E-state index contributed by atoms with van der Waals surface area (Å²) in [6.45, 7) is 3.43. The first kappa shape index (κ1) is 17.3. The quantitative estimate of drug-likeness (QED) is 0.582. The number of benzene rings is 1. The second-order valence-electron chi connectivity index (χ2n) is 5.28. The van der Waals surface area contributed by atoms with E-state index in [1.807, 2.05) is 6.92 Å². The fraction of sp³-hybridized carbons (Fsp3) is 0.357. The fourth-order valence-electron chi connectivity index (χ4n) is 2.40. The molecule has 1 aromatic heterocycles. The number of aliphatic hydroxyl groups excluding tert-OH is 1. The Morgan fingerprint density at radius 2 is 2.00 bits per heavy atom. The predicted molar refractivity (Wildman–Crippen MR) is 85.9 cm³/mol. The van der Waals surface area contributed by atoms with Crippen LogP contribution in [0.3, 0.4) is 0 Å². The Balaban J connectivity index is 2.36. The van der Waals surface area contributed by atoms with Crippen LogP contribution in [0.4, 0.5) is 17.1 Å². The van der Waals surface area contributed by atoms with E-state index < -0.39 is 27.8 Å². The van der Waals surface area contributed by atoms with Crippen molar-refractivity contribution >= 4 is 17.1 Å². The molecule has 0 unspecified atom stereocenters. The van der Waals surface area contributed by atoms with E-state index in [4.69, 9.17) is 0 Å². The van der Waals surface area contributed by atoms with Crippen LogP contribution in [0.5, 0.6) is 0 Å². The normalized spacial score (nSPS) is 10.6. The molecule has 0 bridgehead atoms. The van der Waals surface area contributed by atoms with Crippen LogP contribution in [0.15, 0.2) is 18.5 Å². The lowest BCUT2D eigenvalue weighted by Crippen LogP contribution is -2.14. The molecule has 128 valence electrons. The summed E-state index contributed by atoms with van der Waals surface area (Å²) in [7, 11) is 0. The Bertz CT molecular complexity index is 786. The zero-order valence-electron chi connectivity index (χ0n) is 13.2. The van der Waals surface area contributed by atoms with E-state index in [0.717, 1.165) is 11.6 Å². The van der Waals surface area contributed by atoms with E-state index >= 15 is 0 Å². The summed E-state index contributed by atoms with van der Waals surface area (Å²) >= 11 is 0. The van der Waals surface area contributed by atoms with Gasteiger partial charge in [-0.2, -0.15) is 5.10 Å². The number of hydrogen-bond donors (Lipinski definition) is 2. The number of aliphatic hydroxyl groups is 1. The molecule has 0 radical (unpaired) electrons. The van der Waals surface area contributed by atoms with Crippen LogP contribution in [-0.2, 0) is 13.2 Å². The van der Waals surface area contributed by atoms with Crippen molar-refractivity contribution in [3.63, 3.8) is 0 Å². The van der Waals surface area contributed by atoms with Crippen molar-refractivity contribution in [1.29, 1.82) is 0 Å². The minimum Gasteiger partial charge on any atom is -0.392 e. The van der Waals surface area contributed by atoms with Gasteiger partial charge in [0.15, 0.2) is 5.69 Å². The molecule has 0 atom stereocenters. The number of aromatic nitrogens is 2. The van der Waals surface area contributed by atoms with E-state index in [1.165, 1.54) is 6.92 Å². The van der Waals surface area contributed by atoms with Crippen molar-refractivity contribution in [2.75, 3.05) is 11.9 Å². The third-order valence-electron chi connectivity index (χ3n) is 3.60. The maximum atomic E-state index is 11.4. The van der Waals surface area contributed by atoms with E-state index in [0.29, 0.717) is 6.54 Å². The number of rotatable bonds is 7. The van der Waals surface area contributed by atoms with Crippen LogP contribution in [0.1, 0.15) is 16.7 Å². The number of nitro groups is 2. The van der Waals surface area contributed by atoms with Gasteiger partial charge in [-0.1, -0.05) is 0 Å². The Morgan fingerprint density at radius 1 is 1.29 bits per heavy atom. The second-order valence-corrected chi connectivity index (χ2v) is 5.28. The van der Waals surface area contributed by atoms with Crippen molar-refractivity contribution in [1.82, 2.24) is 9.78 Å². The van der Waals surface area contributed by atoms with Gasteiger partial charge in [0.25, 0.3) is 5.69 Å². The fourth-order valence-corrected chi connectivity index (χ4v) is 2.40. The molecule has 2 N–H and O–H groups in total. The highest BCUT2D eigenvalue weighted by Gasteiger charge is 2.29. The van der Waals surface area contributed by atoms with Crippen molar-refractivity contribution in [3.8, 4) is 0 Å². The lowest BCUT2D eigenvalue weighted by Gasteiger charge is -2.12. The van der Waals surface area contributed by atoms with Crippen LogP contribution in [0, 0.1) is 34.1 Å². The number of anilines is 1. The minimum atomic E-state index is -0.702. The summed E-state index contributed by atoms with van der Waals surface area (Å²) < 4.78 is 1.63. The first-order chi connectivity index (χ1) is 11.3. The number of aryl methyl sites for hydroxylation is 1. The molecule has 0 aliphatic rings. The smallest absolute Gasteiger partial charge is 0.302 e. The van der Waals surface area contributed by atoms with Crippen LogP contribution in [0.2, 0.25) is 0 Å². The zero-order valence-corrected chi connectivity index (χ0v) is 13.2. The van der Waals surface area contributed by atoms with Gasteiger partial charge in [-0.15, -0.1) is 0 Å². The van der Waals surface area contributed by atoms with E-state index in [2.05, 4.69) is 10.4 Å². The first-order valence-corrected chi connectivity index (χ1v) is 7.14. The van der Waals surface area contributed by atoms with Gasteiger partial charge in [0.2, 0.25) is 0 Å². The minimum absolute atomic E-state index is 0.154. The van der Waals surface area contributed by atoms with Gasteiger partial charge in [-0.3, -0.25) is 24.9 Å². The summed E-state index contributed by atoms with van der Waals surface area (Å²) in [5, 5.41) is 38.7. The molecule has 24 heavy (non-hydrogen) atoms. The topological polar surface area (TPSA) is 136 Å². The number of nitrogens with zero attached hydrogens (tertiary/aromatic N) is 4. The summed E-state index contributed by atoms with van der Waals surface area (Å²) in [5.41, 5.74) is 0.323. The molecule has 2 aromatic rings. The molecule has 1 heterocycles. The Labute approximate surface area is 137 Å². The van der Waals surface area contributed by atoms with Crippen LogP contribution >= 0.6 is 0 Å². The maximum absolute atomic E-state index is 11.4. The molecule has 0 aliphatic carbocycles. The van der Waals surface area contributed by atoms with Crippen molar-refractivity contribution in [2.24, 2.45) is 0 Å². The summed E-state index contributed by atoms with van der Waals surface area (Å²) in [4.78, 5) is 21.2. The van der Waals surface area contributed by atoms with Crippen LogP contribution in [-0.4, -0.2) is 31.3 Å². The van der Waals surface area contributed by atoms with Gasteiger partial charge in [0.05, 0.1) is 29.2 Å². The van der Waals surface area contributed by atoms with Gasteiger partial charge in [-0.25, -0.2) is 0 Å². The monoisotopic (exact) mass is 335 g/mol. The first-order valence-electron chi connectivity index (χ1n) is 7.14. The number of nitrogens with one attached hydrogen (secondary N) is 1. The second kappa shape index (κ2) is 7.04. The van der Waals surface area contributed by atoms with E-state index in [1.54, 1.807) is 17.1 Å². The molecule has 10 nitrogen and oxygen atoms in total. The lowest BCUT2D eigenvalue weighted by molar-refractivity contribution is -0.392. The average Bonchev–Trinajstić information content (AvgIpc) is 2.92. The van der Waals surface area contributed by atoms with E-state index in [-0.39, 0.29) is 23.4 Å². The van der Waals surface area contributed by atoms with Gasteiger partial charge >= 0.3 is 5.69 Å². The molecular weight excluding hydrogens is 318 g/mol. The summed E-state index contributed by atoms with van der Waals surface area (Å²) in [6.07, 6.45) is 3.47. The Hall–Kier alpha value is -3.01. The average molecular weight is 335 g/mol. The SMILES string of the molecule is Cc1cnn(CCNc2c([N+](=O)[O-])cc(CO)c(C)c2[N+](=O)[O-])c1. The molecule has 2 rings (SSSR count). The molecule has 0 saturated carbocycles. The molecule has 1 aromatic carbocycles. The van der Waals surface area contributed by atoms with Crippen molar-refractivity contribution in [2.45, 2.75) is 27.0 Å². The highest BCUT2D eigenvalue weighted by Crippen LogP contribution is 2.39. The van der Waals surface area contributed by atoms with Gasteiger partial charge in [-0.05, 0) is 25.0 Å². The lowest BCUT2D eigenvalue weighted by atomic mass is 10.0. The standard InChI is InChI=1S/C14H17N5O5/c1-9-6-16-17(7-9)4-3-15-13-12(18(21)22)5-11(8-20)10(2)14(13)19(23)24/h5-7,15,20H,3-4,8H2,1-2H3. The number of hydrogen-bond acceptors (Lipinski definition) is 7. The highest BCUT2D eigenvalue weighted by atomic mass is 16.6. The van der Waals surface area contributed by atoms with Crippen LogP contribution < -0.4 is 5.32 Å². The van der Waals surface area contributed by atoms with Crippen molar-refractivity contribution < 1.29 is 15.0 Å². The molecule has 0 aliphatic heterocycles. The van der Waals surface area contributed by atoms with Gasteiger partial charge in [0, 0.05) is 24.4 Å². The van der Waals surface area contributed by atoms with Crippen molar-refractivity contribution in [3.05, 3.63) is 55.4 Å². The molecule has 0 spiro atoms.